The minimum Gasteiger partial charge on any atom is -0.504 e. The second-order valence-corrected chi connectivity index (χ2v) is 8.31. The molecule has 5 N–H and O–H groups in total. The fraction of sp³-hybridized carbons (Fsp3) is 0.360. The van der Waals surface area contributed by atoms with Crippen LogP contribution in [0.15, 0.2) is 41.3 Å². The van der Waals surface area contributed by atoms with Gasteiger partial charge in [-0.1, -0.05) is 18.7 Å². The number of phenolic OH excluding ortho intramolecular Hbond substituents is 2. The number of fused-ring (bicyclic) bond motifs is 3. The zero-order chi connectivity index (χ0) is 22.7. The number of hydrogen-bond donors (Lipinski definition) is 4. The summed E-state index contributed by atoms with van der Waals surface area (Å²) in [6, 6.07) is 6.86. The van der Waals surface area contributed by atoms with Crippen molar-refractivity contribution < 1.29 is 15.0 Å². The Kier molecular flexibility index (Phi) is 6.68. The molecule has 0 radical (unpaired) electrons. The van der Waals surface area contributed by atoms with E-state index in [4.69, 9.17) is 5.73 Å². The molecule has 6 nitrogen and oxygen atoms in total. The van der Waals surface area contributed by atoms with Crippen LogP contribution in [0.3, 0.4) is 0 Å². The van der Waals surface area contributed by atoms with Crippen LogP contribution in [0.4, 0.5) is 0 Å². The molecule has 31 heavy (non-hydrogen) atoms. The molecule has 3 rings (SSSR count). The van der Waals surface area contributed by atoms with Gasteiger partial charge in [-0.25, -0.2) is 0 Å². The van der Waals surface area contributed by atoms with E-state index in [-0.39, 0.29) is 28.9 Å². The fourth-order valence-corrected chi connectivity index (χ4v) is 4.23. The standard InChI is InChI=1S/C25H30N2O4/c1-14-8-10-18-19(13-21(14)28)20(27-15(2)6-4-5-7-23(26)30)11-9-17-12-22(29)25(31)16(3)24(17)18/h8,10,12-13,20,27,29,31H,2,4-7,9,11H2,1,3H3,(H2,26,30)/t20-/m0/s1. The Balaban J connectivity index is 2.00. The number of nitrogens with one attached hydrogen (secondary N) is 1. The number of unbranched alkanes of at least 4 members (excludes halogenated alkanes) is 1. The van der Waals surface area contributed by atoms with Crippen molar-refractivity contribution in [1.29, 1.82) is 0 Å². The Bertz CT molecular complexity index is 1090. The molecule has 0 bridgehead atoms. The first-order valence-electron chi connectivity index (χ1n) is 10.6. The summed E-state index contributed by atoms with van der Waals surface area (Å²) in [5.74, 6) is -0.577. The predicted octanol–water partition coefficient (Wildman–Crippen LogP) is 3.88. The van der Waals surface area contributed by atoms with Crippen molar-refractivity contribution >= 4 is 5.91 Å². The molecule has 2 aromatic carbocycles. The van der Waals surface area contributed by atoms with Crippen LogP contribution >= 0.6 is 0 Å². The third-order valence-corrected chi connectivity index (χ3v) is 5.97. The number of hydrogen-bond acceptors (Lipinski definition) is 5. The number of rotatable bonds is 7. The van der Waals surface area contributed by atoms with Crippen LogP contribution in [-0.2, 0) is 11.2 Å². The number of aryl methyl sites for hydroxylation is 2. The Morgan fingerprint density at radius 2 is 1.90 bits per heavy atom. The van der Waals surface area contributed by atoms with Gasteiger partial charge in [0, 0.05) is 17.7 Å². The van der Waals surface area contributed by atoms with E-state index in [1.807, 2.05) is 6.07 Å². The maximum absolute atomic E-state index is 12.6. The number of amides is 1. The third-order valence-electron chi connectivity index (χ3n) is 5.97. The minimum absolute atomic E-state index is 0.0516. The van der Waals surface area contributed by atoms with E-state index in [1.165, 1.54) is 0 Å². The van der Waals surface area contributed by atoms with E-state index in [1.54, 1.807) is 32.0 Å². The van der Waals surface area contributed by atoms with E-state index < -0.39 is 0 Å². The summed E-state index contributed by atoms with van der Waals surface area (Å²) in [5.41, 5.74) is 10.7. The first-order chi connectivity index (χ1) is 14.7. The summed E-state index contributed by atoms with van der Waals surface area (Å²) >= 11 is 0. The highest BCUT2D eigenvalue weighted by Gasteiger charge is 2.26. The summed E-state index contributed by atoms with van der Waals surface area (Å²) in [5, 5.41) is 24.0. The highest BCUT2D eigenvalue weighted by molar-refractivity contribution is 5.78. The molecule has 2 aromatic rings. The van der Waals surface area contributed by atoms with E-state index in [9.17, 15) is 19.8 Å². The largest absolute Gasteiger partial charge is 0.504 e. The van der Waals surface area contributed by atoms with Crippen molar-refractivity contribution in [2.24, 2.45) is 5.73 Å². The van der Waals surface area contributed by atoms with Gasteiger partial charge in [0.25, 0.3) is 0 Å². The molecule has 6 heteroatoms. The van der Waals surface area contributed by atoms with E-state index in [0.717, 1.165) is 34.4 Å². The number of primary amides is 1. The normalized spacial score (nSPS) is 14.8. The molecule has 1 aliphatic carbocycles. The zero-order valence-corrected chi connectivity index (χ0v) is 18.1. The SMILES string of the molecule is C=C(CCCCC(N)=O)N[C@H]1CCc2cc(O)c(O)c(C)c2-c2ccc(C)c(=O)cc21. The van der Waals surface area contributed by atoms with Gasteiger partial charge in [0.2, 0.25) is 5.91 Å². The Morgan fingerprint density at radius 1 is 1.19 bits per heavy atom. The number of nitrogens with two attached hydrogens (primary N) is 1. The quantitative estimate of drug-likeness (QED) is 0.400. The van der Waals surface area contributed by atoms with Crippen molar-refractivity contribution in [2.45, 2.75) is 58.4 Å². The summed E-state index contributed by atoms with van der Waals surface area (Å²) < 4.78 is 0. The van der Waals surface area contributed by atoms with Crippen LogP contribution in [0.5, 0.6) is 11.5 Å². The molecule has 1 amide bonds. The summed E-state index contributed by atoms with van der Waals surface area (Å²) in [7, 11) is 0. The van der Waals surface area contributed by atoms with Crippen LogP contribution in [0.2, 0.25) is 0 Å². The first kappa shape index (κ1) is 22.4. The summed E-state index contributed by atoms with van der Waals surface area (Å²) in [6.07, 6.45) is 3.93. The maximum Gasteiger partial charge on any atom is 0.217 e. The Hall–Kier alpha value is -3.28. The number of allylic oxidation sites excluding steroid dienone is 1. The third kappa shape index (κ3) is 4.90. The summed E-state index contributed by atoms with van der Waals surface area (Å²) in [6.45, 7) is 7.69. The van der Waals surface area contributed by atoms with E-state index >= 15 is 0 Å². The highest BCUT2D eigenvalue weighted by Crippen LogP contribution is 2.44. The molecule has 0 spiro atoms. The molecule has 0 unspecified atom stereocenters. The number of carbonyl (C=O) groups is 1. The zero-order valence-electron chi connectivity index (χ0n) is 18.1. The second-order valence-electron chi connectivity index (χ2n) is 8.31. The lowest BCUT2D eigenvalue weighted by atomic mass is 9.92. The van der Waals surface area contributed by atoms with E-state index in [2.05, 4.69) is 11.9 Å². The van der Waals surface area contributed by atoms with Gasteiger partial charge in [0.15, 0.2) is 16.9 Å². The molecule has 0 saturated carbocycles. The first-order valence-corrected chi connectivity index (χ1v) is 10.6. The van der Waals surface area contributed by atoms with Crippen molar-refractivity contribution in [1.82, 2.24) is 5.32 Å². The molecular weight excluding hydrogens is 392 g/mol. The number of phenols is 2. The van der Waals surface area contributed by atoms with Gasteiger partial charge < -0.3 is 21.3 Å². The van der Waals surface area contributed by atoms with Crippen molar-refractivity contribution in [2.75, 3.05) is 0 Å². The molecule has 164 valence electrons. The van der Waals surface area contributed by atoms with Crippen LogP contribution in [-0.4, -0.2) is 16.1 Å². The molecule has 0 fully saturated rings. The average molecular weight is 423 g/mol. The van der Waals surface area contributed by atoms with Crippen LogP contribution in [0, 0.1) is 13.8 Å². The Labute approximate surface area is 182 Å². The lowest BCUT2D eigenvalue weighted by Gasteiger charge is -2.21. The maximum atomic E-state index is 12.6. The number of carbonyl (C=O) groups excluding carboxylic acids is 1. The van der Waals surface area contributed by atoms with Crippen LogP contribution in [0.25, 0.3) is 11.1 Å². The molecule has 1 aliphatic rings. The van der Waals surface area contributed by atoms with Crippen molar-refractivity contribution in [3.8, 4) is 22.6 Å². The van der Waals surface area contributed by atoms with Gasteiger partial charge in [-0.3, -0.25) is 9.59 Å². The lowest BCUT2D eigenvalue weighted by molar-refractivity contribution is -0.118. The average Bonchev–Trinajstić information content (AvgIpc) is 2.94. The highest BCUT2D eigenvalue weighted by atomic mass is 16.3. The van der Waals surface area contributed by atoms with Crippen LogP contribution in [0.1, 0.15) is 60.4 Å². The van der Waals surface area contributed by atoms with Gasteiger partial charge in [-0.05, 0) is 85.9 Å². The Morgan fingerprint density at radius 3 is 2.61 bits per heavy atom. The minimum atomic E-state index is -0.304. The van der Waals surface area contributed by atoms with Crippen molar-refractivity contribution in [3.63, 3.8) is 0 Å². The monoisotopic (exact) mass is 422 g/mol. The van der Waals surface area contributed by atoms with Gasteiger partial charge in [0.05, 0.1) is 6.04 Å². The van der Waals surface area contributed by atoms with Gasteiger partial charge in [0.1, 0.15) is 0 Å². The number of aromatic hydroxyl groups is 2. The number of benzene rings is 1. The van der Waals surface area contributed by atoms with Gasteiger partial charge >= 0.3 is 0 Å². The smallest absolute Gasteiger partial charge is 0.217 e. The summed E-state index contributed by atoms with van der Waals surface area (Å²) in [4.78, 5) is 23.6. The molecule has 0 saturated heterocycles. The molecule has 0 aliphatic heterocycles. The lowest BCUT2D eigenvalue weighted by Crippen LogP contribution is -2.21. The molecular formula is C25H30N2O4. The van der Waals surface area contributed by atoms with Crippen molar-refractivity contribution in [3.05, 3.63) is 69.0 Å². The van der Waals surface area contributed by atoms with Crippen LogP contribution < -0.4 is 16.5 Å². The second kappa shape index (κ2) is 9.25. The van der Waals surface area contributed by atoms with E-state index in [0.29, 0.717) is 43.2 Å². The molecule has 0 aromatic heterocycles. The molecule has 0 heterocycles. The van der Waals surface area contributed by atoms with Gasteiger partial charge in [-0.2, -0.15) is 0 Å². The topological polar surface area (TPSA) is 113 Å². The molecule has 1 atom stereocenters. The predicted molar refractivity (Wildman–Crippen MR) is 122 cm³/mol. The fourth-order valence-electron chi connectivity index (χ4n) is 4.23. The van der Waals surface area contributed by atoms with Gasteiger partial charge in [-0.15, -0.1) is 0 Å².